The van der Waals surface area contributed by atoms with Gasteiger partial charge in [-0.1, -0.05) is 18.3 Å². The molecule has 0 aromatic carbocycles. The number of hydrogen-bond donors (Lipinski definition) is 2. The molecule has 0 unspecified atom stereocenters. The quantitative estimate of drug-likeness (QED) is 0.776. The molecule has 0 bridgehead atoms. The molecule has 1 aromatic rings. The molecule has 1 rings (SSSR count). The average molecular weight is 313 g/mol. The van der Waals surface area contributed by atoms with Crippen LogP contribution in [0, 0.1) is 0 Å². The highest BCUT2D eigenvalue weighted by atomic mass is 32.1. The molecule has 0 aliphatic carbocycles. The fraction of sp³-hybridized carbons (Fsp3) is 0.615. The molecule has 118 valence electrons. The summed E-state index contributed by atoms with van der Waals surface area (Å²) < 4.78 is 0. The summed E-state index contributed by atoms with van der Waals surface area (Å²) >= 11 is 1.26. The number of carbonyl (C=O) groups excluding carboxylic acids is 2. The standard InChI is InChI=1S/C13H23N5O2S/c1-5-7-18(8-9(19)15-3)12(20)10-11(14)16-13(21-10)17(4)6-2/h5-8,14H2,1-4H3,(H,15,19). The number of amides is 2. The van der Waals surface area contributed by atoms with Crippen molar-refractivity contribution in [3.63, 3.8) is 0 Å². The highest BCUT2D eigenvalue weighted by Gasteiger charge is 2.24. The summed E-state index contributed by atoms with van der Waals surface area (Å²) in [5.41, 5.74) is 5.86. The van der Waals surface area contributed by atoms with Crippen molar-refractivity contribution in [2.75, 3.05) is 44.4 Å². The van der Waals surface area contributed by atoms with E-state index in [9.17, 15) is 9.59 Å². The van der Waals surface area contributed by atoms with Gasteiger partial charge in [0.05, 0.1) is 6.54 Å². The fourth-order valence-electron chi connectivity index (χ4n) is 1.69. The first-order valence-electron chi connectivity index (χ1n) is 6.91. The normalized spacial score (nSPS) is 10.3. The molecule has 1 heterocycles. The predicted molar refractivity (Wildman–Crippen MR) is 85.7 cm³/mol. The number of rotatable bonds is 7. The molecule has 0 aliphatic rings. The number of hydrogen-bond acceptors (Lipinski definition) is 6. The first-order valence-corrected chi connectivity index (χ1v) is 7.73. The molecule has 8 heteroatoms. The van der Waals surface area contributed by atoms with Crippen molar-refractivity contribution >= 4 is 34.1 Å². The minimum absolute atomic E-state index is 0.0272. The third-order valence-corrected chi connectivity index (χ3v) is 4.20. The van der Waals surface area contributed by atoms with Crippen LogP contribution in [-0.4, -0.2) is 55.4 Å². The molecule has 1 aromatic heterocycles. The van der Waals surface area contributed by atoms with Gasteiger partial charge in [0.15, 0.2) is 5.13 Å². The topological polar surface area (TPSA) is 91.6 Å². The second-order valence-electron chi connectivity index (χ2n) is 4.62. The summed E-state index contributed by atoms with van der Waals surface area (Å²) in [5, 5.41) is 3.23. The number of anilines is 2. The first-order chi connectivity index (χ1) is 9.94. The molecule has 3 N–H and O–H groups in total. The Morgan fingerprint density at radius 2 is 2.05 bits per heavy atom. The van der Waals surface area contributed by atoms with Crippen molar-refractivity contribution in [2.24, 2.45) is 0 Å². The van der Waals surface area contributed by atoms with E-state index >= 15 is 0 Å². The van der Waals surface area contributed by atoms with Crippen LogP contribution in [0.3, 0.4) is 0 Å². The van der Waals surface area contributed by atoms with Crippen LogP contribution in [0.4, 0.5) is 10.9 Å². The van der Waals surface area contributed by atoms with Gasteiger partial charge in [-0.15, -0.1) is 0 Å². The molecule has 21 heavy (non-hydrogen) atoms. The predicted octanol–water partition coefficient (Wildman–Crippen LogP) is 0.780. The van der Waals surface area contributed by atoms with Crippen LogP contribution in [0.25, 0.3) is 0 Å². The van der Waals surface area contributed by atoms with Gasteiger partial charge >= 0.3 is 0 Å². The van der Waals surface area contributed by atoms with Crippen LogP contribution in [0.5, 0.6) is 0 Å². The molecular weight excluding hydrogens is 290 g/mol. The number of likely N-dealkylation sites (N-methyl/N-ethyl adjacent to an activating group) is 1. The van der Waals surface area contributed by atoms with Crippen molar-refractivity contribution in [2.45, 2.75) is 20.3 Å². The van der Waals surface area contributed by atoms with E-state index in [1.54, 1.807) is 7.05 Å². The van der Waals surface area contributed by atoms with Gasteiger partial charge in [-0.3, -0.25) is 9.59 Å². The van der Waals surface area contributed by atoms with Crippen LogP contribution in [0.15, 0.2) is 0 Å². The van der Waals surface area contributed by atoms with Crippen LogP contribution in [0.1, 0.15) is 29.9 Å². The Hall–Kier alpha value is -1.83. The van der Waals surface area contributed by atoms with E-state index in [2.05, 4.69) is 10.3 Å². The van der Waals surface area contributed by atoms with Gasteiger partial charge in [0.2, 0.25) is 5.91 Å². The van der Waals surface area contributed by atoms with E-state index in [4.69, 9.17) is 5.73 Å². The molecule has 0 atom stereocenters. The number of nitrogen functional groups attached to an aromatic ring is 1. The molecule has 0 saturated heterocycles. The maximum Gasteiger partial charge on any atom is 0.268 e. The molecule has 7 nitrogen and oxygen atoms in total. The van der Waals surface area contributed by atoms with Crippen LogP contribution >= 0.6 is 11.3 Å². The molecule has 0 spiro atoms. The smallest absolute Gasteiger partial charge is 0.268 e. The molecule has 0 radical (unpaired) electrons. The van der Waals surface area contributed by atoms with Gasteiger partial charge in [-0.05, 0) is 13.3 Å². The lowest BCUT2D eigenvalue weighted by molar-refractivity contribution is -0.121. The monoisotopic (exact) mass is 313 g/mol. The van der Waals surface area contributed by atoms with Crippen molar-refractivity contribution < 1.29 is 9.59 Å². The summed E-state index contributed by atoms with van der Waals surface area (Å²) in [4.78, 5) is 32.1. The lowest BCUT2D eigenvalue weighted by Gasteiger charge is -2.20. The Balaban J connectivity index is 2.97. The average Bonchev–Trinajstić information content (AvgIpc) is 2.86. The van der Waals surface area contributed by atoms with Gasteiger partial charge < -0.3 is 20.9 Å². The third-order valence-electron chi connectivity index (χ3n) is 3.03. The number of nitrogens with two attached hydrogens (primary N) is 1. The molecule has 0 fully saturated rings. The second-order valence-corrected chi connectivity index (χ2v) is 5.60. The van der Waals surface area contributed by atoms with Crippen molar-refractivity contribution in [3.8, 4) is 0 Å². The van der Waals surface area contributed by atoms with Crippen molar-refractivity contribution in [1.82, 2.24) is 15.2 Å². The fourth-order valence-corrected chi connectivity index (χ4v) is 2.67. The zero-order valence-corrected chi connectivity index (χ0v) is 13.8. The van der Waals surface area contributed by atoms with Gasteiger partial charge in [0, 0.05) is 27.2 Å². The van der Waals surface area contributed by atoms with Gasteiger partial charge in [-0.2, -0.15) is 0 Å². The zero-order valence-electron chi connectivity index (χ0n) is 13.0. The van der Waals surface area contributed by atoms with Crippen LogP contribution < -0.4 is 16.0 Å². The maximum absolute atomic E-state index is 12.5. The number of thiazole rings is 1. The lowest BCUT2D eigenvalue weighted by Crippen LogP contribution is -2.40. The summed E-state index contributed by atoms with van der Waals surface area (Å²) in [7, 11) is 3.44. The minimum atomic E-state index is -0.244. The Morgan fingerprint density at radius 3 is 2.57 bits per heavy atom. The lowest BCUT2D eigenvalue weighted by atomic mass is 10.3. The van der Waals surface area contributed by atoms with Crippen LogP contribution in [0.2, 0.25) is 0 Å². The van der Waals surface area contributed by atoms with Crippen LogP contribution in [-0.2, 0) is 4.79 Å². The van der Waals surface area contributed by atoms with E-state index in [1.165, 1.54) is 16.2 Å². The summed E-state index contributed by atoms with van der Waals surface area (Å²) in [5.74, 6) is -0.227. The second kappa shape index (κ2) is 7.82. The third kappa shape index (κ3) is 4.32. The number of nitrogens with one attached hydrogen (secondary N) is 1. The SMILES string of the molecule is CCCN(CC(=O)NC)C(=O)c1sc(N(C)CC)nc1N. The number of aromatic nitrogens is 1. The Kier molecular flexibility index (Phi) is 6.41. The van der Waals surface area contributed by atoms with Crippen molar-refractivity contribution in [1.29, 1.82) is 0 Å². The Bertz CT molecular complexity index is 503. The maximum atomic E-state index is 12.5. The summed E-state index contributed by atoms with van der Waals surface area (Å²) in [6, 6.07) is 0. The number of nitrogens with zero attached hydrogens (tertiary/aromatic N) is 3. The Labute approximate surface area is 129 Å². The molecule has 2 amide bonds. The largest absolute Gasteiger partial charge is 0.382 e. The number of carbonyl (C=O) groups is 2. The van der Waals surface area contributed by atoms with Gasteiger partial charge in [-0.25, -0.2) is 4.98 Å². The Morgan fingerprint density at radius 1 is 1.38 bits per heavy atom. The van der Waals surface area contributed by atoms with E-state index in [0.717, 1.165) is 13.0 Å². The van der Waals surface area contributed by atoms with Gasteiger partial charge in [0.1, 0.15) is 10.7 Å². The van der Waals surface area contributed by atoms with E-state index in [0.29, 0.717) is 16.6 Å². The highest BCUT2D eigenvalue weighted by molar-refractivity contribution is 7.18. The molecular formula is C13H23N5O2S. The van der Waals surface area contributed by atoms with E-state index in [1.807, 2.05) is 25.8 Å². The molecule has 0 saturated carbocycles. The van der Waals surface area contributed by atoms with E-state index < -0.39 is 0 Å². The molecule has 0 aliphatic heterocycles. The summed E-state index contributed by atoms with van der Waals surface area (Å²) in [6.07, 6.45) is 0.767. The first kappa shape index (κ1) is 17.2. The minimum Gasteiger partial charge on any atom is -0.382 e. The summed E-state index contributed by atoms with van der Waals surface area (Å²) in [6.45, 7) is 5.25. The zero-order chi connectivity index (χ0) is 16.0. The highest BCUT2D eigenvalue weighted by Crippen LogP contribution is 2.28. The van der Waals surface area contributed by atoms with E-state index in [-0.39, 0.29) is 24.2 Å². The van der Waals surface area contributed by atoms with Gasteiger partial charge in [0.25, 0.3) is 5.91 Å². The van der Waals surface area contributed by atoms with Crippen molar-refractivity contribution in [3.05, 3.63) is 4.88 Å².